The van der Waals surface area contributed by atoms with Crippen molar-refractivity contribution in [2.24, 2.45) is 0 Å². The zero-order valence-corrected chi connectivity index (χ0v) is 17.3. The van der Waals surface area contributed by atoms with E-state index >= 15 is 0 Å². The molecule has 0 bridgehead atoms. The van der Waals surface area contributed by atoms with Crippen LogP contribution in [0, 0.1) is 12.7 Å². The molecule has 9 nitrogen and oxygen atoms in total. The van der Waals surface area contributed by atoms with Crippen LogP contribution in [0.4, 0.5) is 27.8 Å². The van der Waals surface area contributed by atoms with Crippen molar-refractivity contribution in [3.63, 3.8) is 0 Å². The molecule has 1 unspecified atom stereocenters. The van der Waals surface area contributed by atoms with Crippen LogP contribution in [-0.2, 0) is 0 Å². The number of aromatic amines is 2. The first-order valence-electron chi connectivity index (χ1n) is 9.73. The SMILES string of the molecule is Cc1nc(-c2c[nH]c(=O)[nH]c2=O)cc(N2CC(Oc3ccc(F)c(OC(F)F)c3)C(F)(F)C2)n1. The summed E-state index contributed by atoms with van der Waals surface area (Å²) in [5.74, 6) is -5.38. The number of alkyl halides is 4. The van der Waals surface area contributed by atoms with E-state index < -0.39 is 48.0 Å². The second kappa shape index (κ2) is 8.76. The number of anilines is 1. The smallest absolute Gasteiger partial charge is 0.387 e. The van der Waals surface area contributed by atoms with E-state index in [-0.39, 0.29) is 35.2 Å². The average molecular weight is 485 g/mol. The number of ether oxygens (including phenoxy) is 2. The number of H-pyrrole nitrogens is 2. The summed E-state index contributed by atoms with van der Waals surface area (Å²) in [5.41, 5.74) is -1.34. The van der Waals surface area contributed by atoms with Crippen molar-refractivity contribution < 1.29 is 31.4 Å². The second-order valence-electron chi connectivity index (χ2n) is 7.36. The van der Waals surface area contributed by atoms with Gasteiger partial charge in [-0.05, 0) is 19.1 Å². The maximum absolute atomic E-state index is 14.7. The van der Waals surface area contributed by atoms with Gasteiger partial charge in [-0.3, -0.25) is 9.78 Å². The zero-order valence-electron chi connectivity index (χ0n) is 17.3. The van der Waals surface area contributed by atoms with E-state index in [0.717, 1.165) is 24.4 Å². The number of benzene rings is 1. The summed E-state index contributed by atoms with van der Waals surface area (Å²) in [6.07, 6.45) is -0.585. The Labute approximate surface area is 187 Å². The number of nitrogens with one attached hydrogen (secondary N) is 2. The molecule has 2 aromatic heterocycles. The van der Waals surface area contributed by atoms with Gasteiger partial charge in [0.15, 0.2) is 17.7 Å². The van der Waals surface area contributed by atoms with Crippen molar-refractivity contribution in [2.75, 3.05) is 18.0 Å². The second-order valence-corrected chi connectivity index (χ2v) is 7.36. The first kappa shape index (κ1) is 23.2. The lowest BCUT2D eigenvalue weighted by Crippen LogP contribution is -2.36. The minimum absolute atomic E-state index is 0.00276. The predicted octanol–water partition coefficient (Wildman–Crippen LogP) is 2.47. The van der Waals surface area contributed by atoms with Gasteiger partial charge in [-0.15, -0.1) is 0 Å². The van der Waals surface area contributed by atoms with Crippen molar-refractivity contribution in [3.05, 3.63) is 62.9 Å². The predicted molar refractivity (Wildman–Crippen MR) is 108 cm³/mol. The number of hydrogen-bond donors (Lipinski definition) is 2. The van der Waals surface area contributed by atoms with Gasteiger partial charge in [-0.25, -0.2) is 27.9 Å². The summed E-state index contributed by atoms with van der Waals surface area (Å²) < 4.78 is 77.2. The van der Waals surface area contributed by atoms with Gasteiger partial charge in [0.05, 0.1) is 24.3 Å². The van der Waals surface area contributed by atoms with E-state index in [9.17, 15) is 31.5 Å². The fraction of sp³-hybridized carbons (Fsp3) is 0.300. The summed E-state index contributed by atoms with van der Waals surface area (Å²) in [6.45, 7) is -2.99. The molecule has 1 aromatic carbocycles. The molecule has 0 amide bonds. The van der Waals surface area contributed by atoms with Gasteiger partial charge in [0, 0.05) is 18.3 Å². The van der Waals surface area contributed by atoms with Gasteiger partial charge in [0.1, 0.15) is 17.4 Å². The van der Waals surface area contributed by atoms with Crippen LogP contribution in [0.2, 0.25) is 0 Å². The van der Waals surface area contributed by atoms with Crippen LogP contribution in [0.3, 0.4) is 0 Å². The first-order chi connectivity index (χ1) is 16.0. The minimum atomic E-state index is -3.40. The lowest BCUT2D eigenvalue weighted by Gasteiger charge is -2.19. The molecular weight excluding hydrogens is 469 g/mol. The van der Waals surface area contributed by atoms with Crippen LogP contribution in [0.25, 0.3) is 11.3 Å². The molecule has 0 aliphatic carbocycles. The molecule has 180 valence electrons. The summed E-state index contributed by atoms with van der Waals surface area (Å²) in [6, 6.07) is 3.85. The average Bonchev–Trinajstić information content (AvgIpc) is 3.04. The first-order valence-corrected chi connectivity index (χ1v) is 9.73. The summed E-state index contributed by atoms with van der Waals surface area (Å²) in [7, 11) is 0. The van der Waals surface area contributed by atoms with Crippen molar-refractivity contribution in [1.29, 1.82) is 0 Å². The maximum Gasteiger partial charge on any atom is 0.387 e. The minimum Gasteiger partial charge on any atom is -0.482 e. The third-order valence-electron chi connectivity index (χ3n) is 4.90. The van der Waals surface area contributed by atoms with Gasteiger partial charge in [-0.2, -0.15) is 8.78 Å². The number of rotatable bonds is 6. The number of aromatic nitrogens is 4. The maximum atomic E-state index is 14.7. The lowest BCUT2D eigenvalue weighted by molar-refractivity contribution is -0.0612. The molecule has 1 aliphatic heterocycles. The molecule has 2 N–H and O–H groups in total. The molecule has 1 saturated heterocycles. The number of aryl methyl sites for hydroxylation is 1. The van der Waals surface area contributed by atoms with Gasteiger partial charge in [0.25, 0.3) is 5.56 Å². The van der Waals surface area contributed by atoms with Crippen LogP contribution >= 0.6 is 0 Å². The van der Waals surface area contributed by atoms with Gasteiger partial charge < -0.3 is 19.4 Å². The van der Waals surface area contributed by atoms with E-state index in [0.29, 0.717) is 0 Å². The highest BCUT2D eigenvalue weighted by atomic mass is 19.3. The molecule has 14 heteroatoms. The van der Waals surface area contributed by atoms with Crippen LogP contribution < -0.4 is 25.6 Å². The topological polar surface area (TPSA) is 113 Å². The fourth-order valence-electron chi connectivity index (χ4n) is 3.41. The van der Waals surface area contributed by atoms with Crippen LogP contribution in [0.15, 0.2) is 40.1 Å². The quantitative estimate of drug-likeness (QED) is 0.516. The van der Waals surface area contributed by atoms with Gasteiger partial charge in [0.2, 0.25) is 0 Å². The summed E-state index contributed by atoms with van der Waals surface area (Å²) in [4.78, 5) is 37.2. The van der Waals surface area contributed by atoms with Crippen molar-refractivity contribution >= 4 is 5.82 Å². The molecule has 1 aliphatic rings. The highest BCUT2D eigenvalue weighted by Crippen LogP contribution is 2.35. The molecular formula is C20H16F5N5O4. The summed E-state index contributed by atoms with van der Waals surface area (Å²) >= 11 is 0. The van der Waals surface area contributed by atoms with Crippen molar-refractivity contribution in [3.8, 4) is 22.8 Å². The molecule has 3 heterocycles. The normalized spacial score (nSPS) is 17.3. The van der Waals surface area contributed by atoms with Crippen LogP contribution in [0.5, 0.6) is 11.5 Å². The molecule has 4 rings (SSSR count). The Kier molecular flexibility index (Phi) is 5.98. The molecule has 34 heavy (non-hydrogen) atoms. The van der Waals surface area contributed by atoms with Crippen molar-refractivity contribution in [2.45, 2.75) is 25.6 Å². The van der Waals surface area contributed by atoms with Crippen LogP contribution in [0.1, 0.15) is 5.82 Å². The standard InChI is InChI=1S/C20H16F5N5O4/c1-9-27-13(11-6-26-19(32)29-17(11)31)5-16(28-9)30-7-15(20(24,25)8-30)33-10-2-3-12(21)14(4-10)34-18(22)23/h2-6,15,18H,7-8H2,1H3,(H2,26,29,31,32). The Morgan fingerprint density at radius 1 is 1.21 bits per heavy atom. The Balaban J connectivity index is 1.59. The lowest BCUT2D eigenvalue weighted by atomic mass is 10.2. The van der Waals surface area contributed by atoms with E-state index in [1.165, 1.54) is 17.9 Å². The number of halogens is 5. The highest BCUT2D eigenvalue weighted by Gasteiger charge is 2.50. The number of nitrogens with zero attached hydrogens (tertiary/aromatic N) is 3. The molecule has 0 spiro atoms. The molecule has 1 fully saturated rings. The molecule has 0 radical (unpaired) electrons. The van der Waals surface area contributed by atoms with Gasteiger partial charge in [-0.1, -0.05) is 0 Å². The monoisotopic (exact) mass is 485 g/mol. The van der Waals surface area contributed by atoms with E-state index in [2.05, 4.69) is 19.7 Å². The zero-order chi connectivity index (χ0) is 24.6. The van der Waals surface area contributed by atoms with E-state index in [1.807, 2.05) is 4.98 Å². The third kappa shape index (κ3) is 4.84. The Bertz CT molecular complexity index is 1330. The third-order valence-corrected chi connectivity index (χ3v) is 4.90. The number of hydrogen-bond acceptors (Lipinski definition) is 7. The van der Waals surface area contributed by atoms with Gasteiger partial charge >= 0.3 is 18.2 Å². The van der Waals surface area contributed by atoms with E-state index in [1.54, 1.807) is 0 Å². The van der Waals surface area contributed by atoms with Crippen LogP contribution in [-0.4, -0.2) is 51.7 Å². The molecule has 0 saturated carbocycles. The fourth-order valence-corrected chi connectivity index (χ4v) is 3.41. The Morgan fingerprint density at radius 3 is 2.68 bits per heavy atom. The summed E-state index contributed by atoms with van der Waals surface area (Å²) in [5, 5.41) is 0. The Hall–Kier alpha value is -3.97. The largest absolute Gasteiger partial charge is 0.482 e. The highest BCUT2D eigenvalue weighted by molar-refractivity contribution is 5.61. The molecule has 3 aromatic rings. The van der Waals surface area contributed by atoms with E-state index in [4.69, 9.17) is 4.74 Å². The molecule has 1 atom stereocenters. The van der Waals surface area contributed by atoms with Crippen molar-refractivity contribution in [1.82, 2.24) is 19.9 Å². The Morgan fingerprint density at radius 2 is 1.97 bits per heavy atom.